The SMILES string of the molecule is CCC(CC(=O)O)NC(=O)CC1C=CCC1. The van der Waals surface area contributed by atoms with E-state index in [2.05, 4.69) is 17.5 Å². The van der Waals surface area contributed by atoms with Gasteiger partial charge in [0.25, 0.3) is 0 Å². The van der Waals surface area contributed by atoms with E-state index in [1.165, 1.54) is 0 Å². The van der Waals surface area contributed by atoms with Gasteiger partial charge in [0.05, 0.1) is 6.42 Å². The van der Waals surface area contributed by atoms with Gasteiger partial charge in [0.2, 0.25) is 5.91 Å². The molecule has 0 saturated carbocycles. The number of aliphatic carboxylic acids is 1. The fraction of sp³-hybridized carbons (Fsp3) is 0.667. The van der Waals surface area contributed by atoms with Crippen LogP contribution in [0.4, 0.5) is 0 Å². The highest BCUT2D eigenvalue weighted by molar-refractivity contribution is 5.77. The Morgan fingerprint density at radius 1 is 1.56 bits per heavy atom. The van der Waals surface area contributed by atoms with Gasteiger partial charge in [-0.3, -0.25) is 9.59 Å². The van der Waals surface area contributed by atoms with Gasteiger partial charge < -0.3 is 10.4 Å². The molecule has 1 rings (SSSR count). The van der Waals surface area contributed by atoms with Crippen LogP contribution in [0.25, 0.3) is 0 Å². The van der Waals surface area contributed by atoms with Crippen molar-refractivity contribution in [3.05, 3.63) is 12.2 Å². The molecule has 0 saturated heterocycles. The van der Waals surface area contributed by atoms with E-state index in [-0.39, 0.29) is 18.4 Å². The van der Waals surface area contributed by atoms with Gasteiger partial charge >= 0.3 is 5.97 Å². The van der Waals surface area contributed by atoms with Crippen LogP contribution in [-0.4, -0.2) is 23.0 Å². The van der Waals surface area contributed by atoms with E-state index in [4.69, 9.17) is 5.11 Å². The van der Waals surface area contributed by atoms with E-state index in [1.807, 2.05) is 6.92 Å². The van der Waals surface area contributed by atoms with Crippen LogP contribution in [0.5, 0.6) is 0 Å². The molecule has 1 aliphatic rings. The Bertz CT molecular complexity index is 286. The van der Waals surface area contributed by atoms with Crippen molar-refractivity contribution in [2.75, 3.05) is 0 Å². The zero-order valence-electron chi connectivity index (χ0n) is 9.61. The number of carboxylic acid groups (broad SMARTS) is 1. The van der Waals surface area contributed by atoms with Gasteiger partial charge in [0.15, 0.2) is 0 Å². The van der Waals surface area contributed by atoms with Crippen LogP contribution in [-0.2, 0) is 9.59 Å². The molecule has 16 heavy (non-hydrogen) atoms. The molecule has 0 aliphatic heterocycles. The van der Waals surface area contributed by atoms with Crippen molar-refractivity contribution in [1.29, 1.82) is 0 Å². The molecule has 1 amide bonds. The largest absolute Gasteiger partial charge is 0.481 e. The van der Waals surface area contributed by atoms with Gasteiger partial charge in [-0.15, -0.1) is 0 Å². The van der Waals surface area contributed by atoms with E-state index in [1.54, 1.807) is 0 Å². The maximum Gasteiger partial charge on any atom is 0.305 e. The van der Waals surface area contributed by atoms with Crippen LogP contribution in [0.1, 0.15) is 39.0 Å². The quantitative estimate of drug-likeness (QED) is 0.676. The second-order valence-electron chi connectivity index (χ2n) is 4.24. The number of nitrogens with one attached hydrogen (secondary N) is 1. The van der Waals surface area contributed by atoms with E-state index in [0.717, 1.165) is 12.8 Å². The summed E-state index contributed by atoms with van der Waals surface area (Å²) < 4.78 is 0. The molecule has 0 heterocycles. The molecule has 0 aromatic heterocycles. The molecule has 0 fully saturated rings. The lowest BCUT2D eigenvalue weighted by Gasteiger charge is -2.16. The Morgan fingerprint density at radius 3 is 2.81 bits per heavy atom. The number of carbonyl (C=O) groups is 2. The van der Waals surface area contributed by atoms with E-state index in [9.17, 15) is 9.59 Å². The van der Waals surface area contributed by atoms with Crippen molar-refractivity contribution >= 4 is 11.9 Å². The number of hydrogen-bond acceptors (Lipinski definition) is 2. The minimum absolute atomic E-state index is 0.00272. The Labute approximate surface area is 95.7 Å². The molecule has 2 atom stereocenters. The molecule has 4 heteroatoms. The Hall–Kier alpha value is -1.32. The summed E-state index contributed by atoms with van der Waals surface area (Å²) in [4.78, 5) is 22.1. The van der Waals surface area contributed by atoms with Crippen LogP contribution in [0.3, 0.4) is 0 Å². The van der Waals surface area contributed by atoms with Gasteiger partial charge in [0.1, 0.15) is 0 Å². The van der Waals surface area contributed by atoms with E-state index < -0.39 is 5.97 Å². The third-order valence-electron chi connectivity index (χ3n) is 2.84. The lowest BCUT2D eigenvalue weighted by molar-refractivity contribution is -0.137. The summed E-state index contributed by atoms with van der Waals surface area (Å²) in [7, 11) is 0. The summed E-state index contributed by atoms with van der Waals surface area (Å²) in [5.74, 6) is -0.570. The Balaban J connectivity index is 2.30. The van der Waals surface area contributed by atoms with E-state index >= 15 is 0 Å². The van der Waals surface area contributed by atoms with Crippen LogP contribution < -0.4 is 5.32 Å². The monoisotopic (exact) mass is 225 g/mol. The predicted octanol–water partition coefficient (Wildman–Crippen LogP) is 1.71. The van der Waals surface area contributed by atoms with Crippen molar-refractivity contribution in [3.8, 4) is 0 Å². The first-order chi connectivity index (χ1) is 7.61. The van der Waals surface area contributed by atoms with Crippen LogP contribution in [0.2, 0.25) is 0 Å². The predicted molar refractivity (Wildman–Crippen MR) is 61.0 cm³/mol. The Morgan fingerprint density at radius 2 is 2.31 bits per heavy atom. The summed E-state index contributed by atoms with van der Waals surface area (Å²) in [6.07, 6.45) is 7.37. The zero-order chi connectivity index (χ0) is 12.0. The minimum atomic E-state index is -0.868. The van der Waals surface area contributed by atoms with Crippen LogP contribution in [0, 0.1) is 5.92 Å². The second-order valence-corrected chi connectivity index (χ2v) is 4.24. The maximum absolute atomic E-state index is 11.6. The topological polar surface area (TPSA) is 66.4 Å². The molecular weight excluding hydrogens is 206 g/mol. The van der Waals surface area contributed by atoms with E-state index in [0.29, 0.717) is 18.8 Å². The molecule has 0 radical (unpaired) electrons. The van der Waals surface area contributed by atoms with Gasteiger partial charge in [-0.25, -0.2) is 0 Å². The first-order valence-corrected chi connectivity index (χ1v) is 5.79. The molecule has 4 nitrogen and oxygen atoms in total. The number of hydrogen-bond donors (Lipinski definition) is 2. The molecule has 0 spiro atoms. The number of carboxylic acids is 1. The molecular formula is C12H19NO3. The molecule has 2 N–H and O–H groups in total. The summed E-state index contributed by atoms with van der Waals surface area (Å²) in [6, 6.07) is -0.240. The highest BCUT2D eigenvalue weighted by Crippen LogP contribution is 2.20. The van der Waals surface area contributed by atoms with Crippen molar-refractivity contribution < 1.29 is 14.7 Å². The highest BCUT2D eigenvalue weighted by Gasteiger charge is 2.17. The molecule has 0 aromatic carbocycles. The van der Waals surface area contributed by atoms with Crippen LogP contribution in [0.15, 0.2) is 12.2 Å². The van der Waals surface area contributed by atoms with Crippen LogP contribution >= 0.6 is 0 Å². The average molecular weight is 225 g/mol. The summed E-state index contributed by atoms with van der Waals surface area (Å²) >= 11 is 0. The molecule has 2 unspecified atom stereocenters. The molecule has 1 aliphatic carbocycles. The number of carbonyl (C=O) groups excluding carboxylic acids is 1. The molecule has 90 valence electrons. The lowest BCUT2D eigenvalue weighted by atomic mass is 10.0. The second kappa shape index (κ2) is 6.30. The van der Waals surface area contributed by atoms with Crippen molar-refractivity contribution in [3.63, 3.8) is 0 Å². The first kappa shape index (κ1) is 12.7. The van der Waals surface area contributed by atoms with Crippen molar-refractivity contribution in [2.24, 2.45) is 5.92 Å². The number of allylic oxidation sites excluding steroid dienone is 2. The van der Waals surface area contributed by atoms with Gasteiger partial charge in [-0.2, -0.15) is 0 Å². The summed E-state index contributed by atoms with van der Waals surface area (Å²) in [5.41, 5.74) is 0. The smallest absolute Gasteiger partial charge is 0.305 e. The summed E-state index contributed by atoms with van der Waals surface area (Å²) in [5, 5.41) is 11.4. The van der Waals surface area contributed by atoms with Gasteiger partial charge in [0, 0.05) is 12.5 Å². The lowest BCUT2D eigenvalue weighted by Crippen LogP contribution is -2.36. The summed E-state index contributed by atoms with van der Waals surface area (Å²) in [6.45, 7) is 1.88. The molecule has 0 aromatic rings. The average Bonchev–Trinajstić information content (AvgIpc) is 2.68. The number of amides is 1. The normalized spacial score (nSPS) is 20.7. The minimum Gasteiger partial charge on any atom is -0.481 e. The fourth-order valence-corrected chi connectivity index (χ4v) is 1.90. The first-order valence-electron chi connectivity index (χ1n) is 5.79. The highest BCUT2D eigenvalue weighted by atomic mass is 16.4. The third kappa shape index (κ3) is 4.47. The fourth-order valence-electron chi connectivity index (χ4n) is 1.90. The standard InChI is InChI=1S/C12H19NO3/c1-2-10(8-12(15)16)13-11(14)7-9-5-3-4-6-9/h3,5,9-10H,2,4,6-8H2,1H3,(H,13,14)(H,15,16). The number of rotatable bonds is 6. The molecule has 0 bridgehead atoms. The van der Waals surface area contributed by atoms with Crippen molar-refractivity contribution in [2.45, 2.75) is 45.1 Å². The van der Waals surface area contributed by atoms with Crippen molar-refractivity contribution in [1.82, 2.24) is 5.32 Å². The Kier molecular flexibility index (Phi) is 5.02. The van der Waals surface area contributed by atoms with Gasteiger partial charge in [-0.1, -0.05) is 19.1 Å². The van der Waals surface area contributed by atoms with Gasteiger partial charge in [-0.05, 0) is 25.2 Å². The zero-order valence-corrected chi connectivity index (χ0v) is 9.61. The maximum atomic E-state index is 11.6. The third-order valence-corrected chi connectivity index (χ3v) is 2.84.